The van der Waals surface area contributed by atoms with Crippen LogP contribution in [0, 0.1) is 6.92 Å². The van der Waals surface area contributed by atoms with E-state index in [-0.39, 0.29) is 18.1 Å². The summed E-state index contributed by atoms with van der Waals surface area (Å²) in [5.74, 6) is -1.30. The Balaban J connectivity index is 2.54. The summed E-state index contributed by atoms with van der Waals surface area (Å²) >= 11 is 3.87. The summed E-state index contributed by atoms with van der Waals surface area (Å²) in [4.78, 5) is 22.3. The first-order valence-corrected chi connectivity index (χ1v) is 5.84. The van der Waals surface area contributed by atoms with Gasteiger partial charge in [0.15, 0.2) is 0 Å². The molecule has 17 heavy (non-hydrogen) atoms. The summed E-state index contributed by atoms with van der Waals surface area (Å²) in [5, 5.41) is 11.2. The number of carboxylic acids is 1. The highest BCUT2D eigenvalue weighted by molar-refractivity contribution is 7.80. The lowest BCUT2D eigenvalue weighted by Gasteiger charge is -2.11. The first kappa shape index (κ1) is 13.6. The van der Waals surface area contributed by atoms with E-state index < -0.39 is 12.0 Å². The zero-order chi connectivity index (χ0) is 12.8. The maximum Gasteiger partial charge on any atom is 0.327 e. The molecule has 0 aliphatic rings. The van der Waals surface area contributed by atoms with E-state index in [9.17, 15) is 9.59 Å². The second-order valence-corrected chi connectivity index (χ2v) is 4.17. The van der Waals surface area contributed by atoms with Crippen molar-refractivity contribution in [1.82, 2.24) is 5.32 Å². The van der Waals surface area contributed by atoms with E-state index in [1.807, 2.05) is 31.2 Å². The molecule has 0 aliphatic carbocycles. The number of carbonyl (C=O) groups is 2. The normalized spacial score (nSPS) is 11.9. The van der Waals surface area contributed by atoms with Crippen molar-refractivity contribution in [3.8, 4) is 0 Å². The number of aryl methyl sites for hydroxylation is 1. The van der Waals surface area contributed by atoms with E-state index in [0.29, 0.717) is 0 Å². The maximum atomic E-state index is 11.6. The summed E-state index contributed by atoms with van der Waals surface area (Å²) in [7, 11) is 0. The van der Waals surface area contributed by atoms with Gasteiger partial charge in [-0.2, -0.15) is 12.6 Å². The Morgan fingerprint density at radius 2 is 1.94 bits per heavy atom. The fraction of sp³-hybridized carbons (Fsp3) is 0.333. The van der Waals surface area contributed by atoms with Crippen LogP contribution in [0.2, 0.25) is 0 Å². The summed E-state index contributed by atoms with van der Waals surface area (Å²) in [6, 6.07) is 6.60. The van der Waals surface area contributed by atoms with Gasteiger partial charge in [0.05, 0.1) is 6.42 Å². The number of nitrogens with one attached hydrogen (secondary N) is 1. The van der Waals surface area contributed by atoms with Gasteiger partial charge in [0.1, 0.15) is 6.04 Å². The van der Waals surface area contributed by atoms with Gasteiger partial charge in [-0.25, -0.2) is 4.79 Å². The molecule has 0 aliphatic heterocycles. The van der Waals surface area contributed by atoms with Gasteiger partial charge in [0, 0.05) is 5.75 Å². The average molecular weight is 253 g/mol. The van der Waals surface area contributed by atoms with Gasteiger partial charge >= 0.3 is 5.97 Å². The summed E-state index contributed by atoms with van der Waals surface area (Å²) < 4.78 is 0. The zero-order valence-electron chi connectivity index (χ0n) is 9.51. The first-order chi connectivity index (χ1) is 8.02. The van der Waals surface area contributed by atoms with Crippen LogP contribution in [-0.4, -0.2) is 28.8 Å². The molecule has 0 spiro atoms. The number of carboxylic acid groups (broad SMARTS) is 1. The molecule has 1 aromatic rings. The fourth-order valence-electron chi connectivity index (χ4n) is 1.32. The van der Waals surface area contributed by atoms with E-state index in [1.54, 1.807) is 0 Å². The molecule has 0 bridgehead atoms. The molecular weight excluding hydrogens is 238 g/mol. The van der Waals surface area contributed by atoms with Gasteiger partial charge < -0.3 is 10.4 Å². The molecule has 0 radical (unpaired) electrons. The number of thiol groups is 1. The van der Waals surface area contributed by atoms with Gasteiger partial charge in [-0.1, -0.05) is 29.8 Å². The molecule has 1 atom stereocenters. The number of carbonyl (C=O) groups excluding carboxylic acids is 1. The molecule has 0 unspecified atom stereocenters. The van der Waals surface area contributed by atoms with E-state index in [1.165, 1.54) is 0 Å². The highest BCUT2D eigenvalue weighted by Crippen LogP contribution is 2.04. The number of benzene rings is 1. The largest absolute Gasteiger partial charge is 0.480 e. The van der Waals surface area contributed by atoms with Gasteiger partial charge in [-0.15, -0.1) is 0 Å². The Morgan fingerprint density at radius 1 is 1.35 bits per heavy atom. The van der Waals surface area contributed by atoms with Crippen LogP contribution in [0.15, 0.2) is 24.3 Å². The van der Waals surface area contributed by atoms with E-state index in [4.69, 9.17) is 5.11 Å². The van der Waals surface area contributed by atoms with Crippen molar-refractivity contribution >= 4 is 24.5 Å². The van der Waals surface area contributed by atoms with Crippen LogP contribution in [-0.2, 0) is 16.0 Å². The lowest BCUT2D eigenvalue weighted by Crippen LogP contribution is -2.42. The standard InChI is InChI=1S/C12H15NO3S/c1-8-2-4-9(5-3-8)6-11(14)13-10(7-17)12(15)16/h2-5,10,17H,6-7H2,1H3,(H,13,14)(H,15,16)/t10-/m0/s1. The zero-order valence-corrected chi connectivity index (χ0v) is 10.4. The van der Waals surface area contributed by atoms with Crippen molar-refractivity contribution in [3.05, 3.63) is 35.4 Å². The summed E-state index contributed by atoms with van der Waals surface area (Å²) in [6.45, 7) is 1.96. The third-order valence-electron chi connectivity index (χ3n) is 2.30. The van der Waals surface area contributed by atoms with E-state index >= 15 is 0 Å². The van der Waals surface area contributed by atoms with Crippen LogP contribution in [0.5, 0.6) is 0 Å². The van der Waals surface area contributed by atoms with Crippen LogP contribution in [0.25, 0.3) is 0 Å². The molecule has 1 amide bonds. The summed E-state index contributed by atoms with van der Waals surface area (Å²) in [5.41, 5.74) is 1.98. The molecule has 2 N–H and O–H groups in total. The van der Waals surface area contributed by atoms with Crippen molar-refractivity contribution in [2.45, 2.75) is 19.4 Å². The van der Waals surface area contributed by atoms with Gasteiger partial charge in [0.25, 0.3) is 0 Å². The Labute approximate surface area is 105 Å². The second-order valence-electron chi connectivity index (χ2n) is 3.80. The number of amides is 1. The summed E-state index contributed by atoms with van der Waals surface area (Å²) in [6.07, 6.45) is 0.178. The van der Waals surface area contributed by atoms with Gasteiger partial charge in [-0.3, -0.25) is 4.79 Å². The molecule has 1 rings (SSSR count). The molecule has 0 fully saturated rings. The van der Waals surface area contributed by atoms with Crippen molar-refractivity contribution in [2.75, 3.05) is 5.75 Å². The van der Waals surface area contributed by atoms with Gasteiger partial charge in [-0.05, 0) is 12.5 Å². The number of aliphatic carboxylic acids is 1. The molecular formula is C12H15NO3S. The third kappa shape index (κ3) is 4.48. The Bertz CT molecular complexity index is 403. The third-order valence-corrected chi connectivity index (χ3v) is 2.67. The minimum atomic E-state index is -1.07. The van der Waals surface area contributed by atoms with Crippen LogP contribution in [0.1, 0.15) is 11.1 Å². The average Bonchev–Trinajstić information content (AvgIpc) is 2.28. The van der Waals surface area contributed by atoms with E-state index in [0.717, 1.165) is 11.1 Å². The maximum absolute atomic E-state index is 11.6. The molecule has 5 heteroatoms. The van der Waals surface area contributed by atoms with Crippen molar-refractivity contribution in [1.29, 1.82) is 0 Å². The number of rotatable bonds is 5. The molecule has 0 saturated heterocycles. The minimum Gasteiger partial charge on any atom is -0.480 e. The van der Waals surface area contributed by atoms with Crippen LogP contribution < -0.4 is 5.32 Å². The fourth-order valence-corrected chi connectivity index (χ4v) is 1.57. The van der Waals surface area contributed by atoms with Crippen LogP contribution in [0.3, 0.4) is 0 Å². The Hall–Kier alpha value is -1.49. The smallest absolute Gasteiger partial charge is 0.327 e. The lowest BCUT2D eigenvalue weighted by molar-refractivity contribution is -0.141. The van der Waals surface area contributed by atoms with Crippen molar-refractivity contribution < 1.29 is 14.7 Å². The second kappa shape index (κ2) is 6.30. The molecule has 0 aromatic heterocycles. The van der Waals surface area contributed by atoms with Crippen molar-refractivity contribution in [3.63, 3.8) is 0 Å². The predicted octanol–water partition coefficient (Wildman–Crippen LogP) is 1.04. The monoisotopic (exact) mass is 253 g/mol. The minimum absolute atomic E-state index is 0.0783. The van der Waals surface area contributed by atoms with E-state index in [2.05, 4.69) is 17.9 Å². The predicted molar refractivity (Wildman–Crippen MR) is 68.3 cm³/mol. The SMILES string of the molecule is Cc1ccc(CC(=O)N[C@@H](CS)C(=O)O)cc1. The quantitative estimate of drug-likeness (QED) is 0.687. The molecule has 1 aromatic carbocycles. The lowest BCUT2D eigenvalue weighted by atomic mass is 10.1. The topological polar surface area (TPSA) is 66.4 Å². The van der Waals surface area contributed by atoms with Crippen molar-refractivity contribution in [2.24, 2.45) is 0 Å². The Kier molecular flexibility index (Phi) is 5.03. The molecule has 0 saturated carbocycles. The number of hydrogen-bond donors (Lipinski definition) is 3. The van der Waals surface area contributed by atoms with Crippen LogP contribution in [0.4, 0.5) is 0 Å². The molecule has 0 heterocycles. The highest BCUT2D eigenvalue weighted by Gasteiger charge is 2.17. The van der Waals surface area contributed by atoms with Crippen LogP contribution >= 0.6 is 12.6 Å². The highest BCUT2D eigenvalue weighted by atomic mass is 32.1. The first-order valence-electron chi connectivity index (χ1n) is 5.21. The molecule has 92 valence electrons. The van der Waals surface area contributed by atoms with Gasteiger partial charge in [0.2, 0.25) is 5.91 Å². The number of hydrogen-bond acceptors (Lipinski definition) is 3. The Morgan fingerprint density at radius 3 is 2.41 bits per heavy atom. The molecule has 4 nitrogen and oxygen atoms in total.